The van der Waals surface area contributed by atoms with Gasteiger partial charge in [-0.05, 0) is 47.0 Å². The summed E-state index contributed by atoms with van der Waals surface area (Å²) in [6, 6.07) is -0.144. The molecule has 3 fully saturated rings. The van der Waals surface area contributed by atoms with Crippen molar-refractivity contribution in [3.8, 4) is 0 Å². The monoisotopic (exact) mass is 505 g/mol. The third-order valence-corrected chi connectivity index (χ3v) is 8.80. The van der Waals surface area contributed by atoms with Crippen LogP contribution >= 0.6 is 0 Å². The maximum Gasteiger partial charge on any atom is 0.230 e. The third-order valence-electron chi connectivity index (χ3n) is 8.80. The molecule has 0 unspecified atom stereocenters. The van der Waals surface area contributed by atoms with Crippen molar-refractivity contribution in [2.24, 2.45) is 23.7 Å². The molecule has 0 bridgehead atoms. The molecule has 5 nitrogen and oxygen atoms in total. The molecule has 5 aliphatic rings. The van der Waals surface area contributed by atoms with Crippen LogP contribution in [0, 0.1) is 23.7 Å². The van der Waals surface area contributed by atoms with E-state index in [9.17, 15) is 9.90 Å². The molecule has 3 aliphatic heterocycles. The third kappa shape index (κ3) is 4.98. The van der Waals surface area contributed by atoms with Crippen LogP contribution in [0.25, 0.3) is 0 Å². The Hall–Kier alpha value is -2.21. The highest BCUT2D eigenvalue weighted by Crippen LogP contribution is 2.48. The summed E-state index contributed by atoms with van der Waals surface area (Å²) >= 11 is 0. The molecule has 9 atom stereocenters. The van der Waals surface area contributed by atoms with Crippen LogP contribution in [-0.2, 0) is 14.3 Å². The zero-order valence-electron chi connectivity index (χ0n) is 22.9. The van der Waals surface area contributed by atoms with Gasteiger partial charge in [-0.1, -0.05) is 85.3 Å². The molecule has 200 valence electrons. The summed E-state index contributed by atoms with van der Waals surface area (Å²) in [5.41, 5.74) is 2.41. The molecule has 5 rings (SSSR count). The Morgan fingerprint density at radius 2 is 1.86 bits per heavy atom. The number of aliphatic hydroxyl groups excluding tert-OH is 1. The summed E-state index contributed by atoms with van der Waals surface area (Å²) in [7, 11) is 0. The number of aliphatic hydroxyl groups is 1. The van der Waals surface area contributed by atoms with E-state index < -0.39 is 11.9 Å². The summed E-state index contributed by atoms with van der Waals surface area (Å²) in [6.45, 7) is 10.4. The summed E-state index contributed by atoms with van der Waals surface area (Å²) in [6.07, 6.45) is 24.4. The molecule has 0 saturated carbocycles. The van der Waals surface area contributed by atoms with Crippen LogP contribution in [0.15, 0.2) is 71.9 Å². The molecule has 0 spiro atoms. The van der Waals surface area contributed by atoms with Gasteiger partial charge in [0.15, 0.2) is 5.79 Å². The number of fused-ring (bicyclic) bond motifs is 6. The van der Waals surface area contributed by atoms with Gasteiger partial charge in [0.25, 0.3) is 0 Å². The first-order valence-corrected chi connectivity index (χ1v) is 14.1. The lowest BCUT2D eigenvalue weighted by molar-refractivity contribution is -0.146. The Bertz CT molecular complexity index is 1060. The molecule has 1 amide bonds. The first kappa shape index (κ1) is 26.4. The summed E-state index contributed by atoms with van der Waals surface area (Å²) in [5.74, 6) is -0.434. The van der Waals surface area contributed by atoms with Crippen molar-refractivity contribution in [2.75, 3.05) is 0 Å². The SMILES string of the molecule is CCC/C=C/C=C/C[C@@H]1C[C@H](O)[C@H]2[C@@H]3/C(C)=C/[C@@H]4C=C[C@@H]5OC(C)(C)O[C@@H]5[C@H]4/C(C)=C/C=C\[C@H]3C(=O)N12. The average Bonchev–Trinajstić information content (AvgIpc) is 3.44. The normalized spacial score (nSPS) is 44.2. The van der Waals surface area contributed by atoms with Crippen molar-refractivity contribution < 1.29 is 19.4 Å². The second kappa shape index (κ2) is 10.5. The minimum Gasteiger partial charge on any atom is -0.391 e. The number of ether oxygens (including phenoxy) is 2. The number of hydrogen-bond acceptors (Lipinski definition) is 4. The molecule has 3 saturated heterocycles. The first-order chi connectivity index (χ1) is 17.7. The molecule has 1 N–H and O–H groups in total. The van der Waals surface area contributed by atoms with Gasteiger partial charge in [0.2, 0.25) is 5.91 Å². The van der Waals surface area contributed by atoms with Crippen LogP contribution in [0.1, 0.15) is 60.3 Å². The van der Waals surface area contributed by atoms with E-state index in [-0.39, 0.29) is 53.9 Å². The van der Waals surface area contributed by atoms with Gasteiger partial charge < -0.3 is 19.5 Å². The number of allylic oxidation sites excluding steroid dienone is 7. The van der Waals surface area contributed by atoms with E-state index in [1.807, 2.05) is 18.7 Å². The number of carbonyl (C=O) groups excluding carboxylic acids is 1. The number of nitrogens with zero attached hydrogens (tertiary/aromatic N) is 1. The first-order valence-electron chi connectivity index (χ1n) is 14.1. The summed E-state index contributed by atoms with van der Waals surface area (Å²) < 4.78 is 12.5. The summed E-state index contributed by atoms with van der Waals surface area (Å²) in [4.78, 5) is 15.8. The van der Waals surface area contributed by atoms with Gasteiger partial charge >= 0.3 is 0 Å². The molecule has 3 heterocycles. The lowest BCUT2D eigenvalue weighted by atomic mass is 9.73. The number of amides is 1. The van der Waals surface area contributed by atoms with Crippen molar-refractivity contribution in [1.29, 1.82) is 0 Å². The van der Waals surface area contributed by atoms with Crippen molar-refractivity contribution in [2.45, 2.75) is 96.5 Å². The highest BCUT2D eigenvalue weighted by Gasteiger charge is 2.57. The Labute approximate surface area is 222 Å². The van der Waals surface area contributed by atoms with Gasteiger partial charge in [-0.25, -0.2) is 0 Å². The minimum atomic E-state index is -0.606. The molecule has 0 aromatic carbocycles. The van der Waals surface area contributed by atoms with Crippen LogP contribution < -0.4 is 0 Å². The number of carbonyl (C=O) groups is 1. The largest absolute Gasteiger partial charge is 0.391 e. The maximum absolute atomic E-state index is 13.8. The van der Waals surface area contributed by atoms with Crippen LogP contribution in [0.5, 0.6) is 0 Å². The molecule has 2 aliphatic carbocycles. The molecule has 0 radical (unpaired) electrons. The van der Waals surface area contributed by atoms with Crippen LogP contribution in [0.3, 0.4) is 0 Å². The van der Waals surface area contributed by atoms with E-state index in [1.54, 1.807) is 0 Å². The average molecular weight is 506 g/mol. The fourth-order valence-electron chi connectivity index (χ4n) is 7.25. The van der Waals surface area contributed by atoms with Gasteiger partial charge in [0, 0.05) is 23.8 Å². The predicted molar refractivity (Wildman–Crippen MR) is 146 cm³/mol. The molecule has 5 heteroatoms. The number of rotatable bonds is 5. The fraction of sp³-hybridized carbons (Fsp3) is 0.594. The second-order valence-electron chi connectivity index (χ2n) is 11.9. The highest BCUT2D eigenvalue weighted by molar-refractivity contribution is 5.85. The zero-order valence-corrected chi connectivity index (χ0v) is 22.9. The van der Waals surface area contributed by atoms with Gasteiger partial charge in [-0.2, -0.15) is 0 Å². The number of unbranched alkanes of at least 4 members (excludes halogenated alkanes) is 1. The van der Waals surface area contributed by atoms with E-state index in [2.05, 4.69) is 81.5 Å². The van der Waals surface area contributed by atoms with Gasteiger partial charge in [0.1, 0.15) is 6.10 Å². The molecular formula is C32H43NO4. The topological polar surface area (TPSA) is 59.0 Å². The minimum absolute atomic E-state index is 0.0343. The van der Waals surface area contributed by atoms with Crippen molar-refractivity contribution in [3.05, 3.63) is 71.9 Å². The van der Waals surface area contributed by atoms with Crippen LogP contribution in [0.4, 0.5) is 0 Å². The van der Waals surface area contributed by atoms with Crippen LogP contribution in [-0.4, -0.2) is 52.1 Å². The standard InChI is InChI=1S/C32H43NO4/c1-6-7-8-9-10-11-14-23-19-25(34)29-28-21(3)18-22-16-17-26-30(37-32(4,5)36-26)27(22)20(2)13-12-15-24(28)31(35)33(23)29/h8-13,15-18,22-30,34H,6-7,14,19H2,1-5H3/b9-8+,11-10+,15-12-,20-13+,21-18+/t22-,23+,24+,25-,26-,27-,28+,29-,30-/m0/s1. The van der Waals surface area contributed by atoms with Crippen molar-refractivity contribution in [1.82, 2.24) is 4.90 Å². The van der Waals surface area contributed by atoms with Gasteiger partial charge in [-0.15, -0.1) is 0 Å². The molecule has 37 heavy (non-hydrogen) atoms. The second-order valence-corrected chi connectivity index (χ2v) is 11.9. The fourth-order valence-corrected chi connectivity index (χ4v) is 7.25. The van der Waals surface area contributed by atoms with Crippen molar-refractivity contribution >= 4 is 5.91 Å². The summed E-state index contributed by atoms with van der Waals surface area (Å²) in [5, 5.41) is 11.2. The Kier molecular flexibility index (Phi) is 7.50. The smallest absolute Gasteiger partial charge is 0.230 e. The lowest BCUT2D eigenvalue weighted by Gasteiger charge is -2.35. The maximum atomic E-state index is 13.8. The predicted octanol–water partition coefficient (Wildman–Crippen LogP) is 5.65. The quantitative estimate of drug-likeness (QED) is 0.388. The van der Waals surface area contributed by atoms with E-state index in [4.69, 9.17) is 9.47 Å². The Balaban J connectivity index is 1.43. The Morgan fingerprint density at radius 1 is 1.08 bits per heavy atom. The molecule has 0 aromatic heterocycles. The van der Waals surface area contributed by atoms with Gasteiger partial charge in [0.05, 0.1) is 24.2 Å². The Morgan fingerprint density at radius 3 is 2.65 bits per heavy atom. The highest BCUT2D eigenvalue weighted by atomic mass is 16.8. The molecular weight excluding hydrogens is 462 g/mol. The molecule has 0 aromatic rings. The van der Waals surface area contributed by atoms with E-state index in [1.165, 1.54) is 11.1 Å². The van der Waals surface area contributed by atoms with Crippen LogP contribution in [0.2, 0.25) is 0 Å². The van der Waals surface area contributed by atoms with Gasteiger partial charge in [-0.3, -0.25) is 4.79 Å². The van der Waals surface area contributed by atoms with Crippen molar-refractivity contribution in [3.63, 3.8) is 0 Å². The van der Waals surface area contributed by atoms with E-state index in [0.717, 1.165) is 19.3 Å². The zero-order chi connectivity index (χ0) is 26.3. The number of hydrogen-bond donors (Lipinski definition) is 1. The van der Waals surface area contributed by atoms with E-state index >= 15 is 0 Å². The lowest BCUT2D eigenvalue weighted by Crippen LogP contribution is -2.39. The van der Waals surface area contributed by atoms with E-state index in [0.29, 0.717) is 6.42 Å².